The summed E-state index contributed by atoms with van der Waals surface area (Å²) in [5.41, 5.74) is 0.792. The molecule has 0 aliphatic carbocycles. The maximum Gasteiger partial charge on any atom is 0.143 e. The number of aromatic nitrogens is 2. The molecule has 19 heavy (non-hydrogen) atoms. The van der Waals surface area contributed by atoms with E-state index in [-0.39, 0.29) is 0 Å². The highest BCUT2D eigenvalue weighted by Gasteiger charge is 2.19. The molecule has 0 amide bonds. The normalized spacial score (nSPS) is 16.4. The fourth-order valence-corrected chi connectivity index (χ4v) is 2.17. The predicted octanol–water partition coefficient (Wildman–Crippen LogP) is 1.05. The molecule has 0 bridgehead atoms. The second-order valence-electron chi connectivity index (χ2n) is 4.82. The highest BCUT2D eigenvalue weighted by Crippen LogP contribution is 2.22. The van der Waals surface area contributed by atoms with Gasteiger partial charge in [0.25, 0.3) is 0 Å². The lowest BCUT2D eigenvalue weighted by Gasteiger charge is -2.34. The van der Waals surface area contributed by atoms with Crippen LogP contribution in [0.3, 0.4) is 0 Å². The van der Waals surface area contributed by atoms with Crippen LogP contribution in [0.5, 0.6) is 0 Å². The predicted molar refractivity (Wildman–Crippen MR) is 78.4 cm³/mol. The summed E-state index contributed by atoms with van der Waals surface area (Å²) in [5.74, 6) is 1.64. The van der Waals surface area contributed by atoms with Crippen molar-refractivity contribution in [1.29, 1.82) is 5.41 Å². The van der Waals surface area contributed by atoms with Crippen molar-refractivity contribution < 1.29 is 0 Å². The first-order valence-corrected chi connectivity index (χ1v) is 6.79. The Hall–Kier alpha value is -1.69. The lowest BCUT2D eigenvalue weighted by atomic mass is 10.2. The fourth-order valence-electron chi connectivity index (χ4n) is 2.17. The summed E-state index contributed by atoms with van der Waals surface area (Å²) in [7, 11) is 2.13. The average Bonchev–Trinajstić information content (AvgIpc) is 2.45. The van der Waals surface area contributed by atoms with Gasteiger partial charge in [-0.15, -0.1) is 0 Å². The Balaban J connectivity index is 2.21. The van der Waals surface area contributed by atoms with Crippen LogP contribution in [0.1, 0.15) is 18.9 Å². The maximum atomic E-state index is 7.64. The van der Waals surface area contributed by atoms with Crippen molar-refractivity contribution in [2.45, 2.75) is 13.3 Å². The molecule has 1 aromatic heterocycles. The van der Waals surface area contributed by atoms with Crippen LogP contribution in [0.4, 0.5) is 11.6 Å². The number of nitrogens with one attached hydrogen (secondary N) is 2. The van der Waals surface area contributed by atoms with Crippen LogP contribution in [0, 0.1) is 5.41 Å². The number of hydrogen-bond acceptors (Lipinski definition) is 6. The molecule has 0 radical (unpaired) electrons. The summed E-state index contributed by atoms with van der Waals surface area (Å²) in [4.78, 5) is 13.2. The first kappa shape index (κ1) is 13.7. The highest BCUT2D eigenvalue weighted by atomic mass is 15.3. The van der Waals surface area contributed by atoms with Gasteiger partial charge in [-0.25, -0.2) is 9.97 Å². The Kier molecular flexibility index (Phi) is 4.68. The number of rotatable bonds is 5. The molecule has 2 heterocycles. The number of anilines is 2. The van der Waals surface area contributed by atoms with E-state index >= 15 is 0 Å². The van der Waals surface area contributed by atoms with Gasteiger partial charge in [-0.1, -0.05) is 6.92 Å². The molecule has 104 valence electrons. The molecule has 1 saturated heterocycles. The van der Waals surface area contributed by atoms with Crippen LogP contribution < -0.4 is 10.2 Å². The Bertz CT molecular complexity index is 425. The number of piperazine rings is 1. The van der Waals surface area contributed by atoms with Gasteiger partial charge in [0.2, 0.25) is 0 Å². The molecule has 1 aliphatic rings. The third-order valence-electron chi connectivity index (χ3n) is 3.35. The van der Waals surface area contributed by atoms with E-state index in [0.29, 0.717) is 0 Å². The minimum atomic E-state index is 0.765. The second kappa shape index (κ2) is 6.47. The van der Waals surface area contributed by atoms with Crippen LogP contribution >= 0.6 is 0 Å². The van der Waals surface area contributed by atoms with Gasteiger partial charge in [-0.05, 0) is 13.5 Å². The minimum absolute atomic E-state index is 0.765. The summed E-state index contributed by atoms with van der Waals surface area (Å²) in [5, 5.41) is 10.9. The van der Waals surface area contributed by atoms with Crippen molar-refractivity contribution in [1.82, 2.24) is 14.9 Å². The molecule has 0 spiro atoms. The Morgan fingerprint density at radius 3 is 2.68 bits per heavy atom. The third kappa shape index (κ3) is 3.20. The summed E-state index contributed by atoms with van der Waals surface area (Å²) >= 11 is 0. The Morgan fingerprint density at radius 1 is 1.32 bits per heavy atom. The van der Waals surface area contributed by atoms with Crippen molar-refractivity contribution in [3.05, 3.63) is 11.9 Å². The SMILES string of the molecule is CCCNc1ncnc(N2CCN(C)CC2)c1C=N. The molecule has 1 fully saturated rings. The van der Waals surface area contributed by atoms with E-state index < -0.39 is 0 Å². The Morgan fingerprint density at radius 2 is 2.05 bits per heavy atom. The number of nitrogens with zero attached hydrogens (tertiary/aromatic N) is 4. The van der Waals surface area contributed by atoms with Gasteiger partial charge < -0.3 is 20.5 Å². The first-order valence-electron chi connectivity index (χ1n) is 6.79. The van der Waals surface area contributed by atoms with Gasteiger partial charge in [0.15, 0.2) is 0 Å². The van der Waals surface area contributed by atoms with Gasteiger partial charge in [0, 0.05) is 38.9 Å². The summed E-state index contributed by atoms with van der Waals surface area (Å²) < 4.78 is 0. The quantitative estimate of drug-likeness (QED) is 0.776. The van der Waals surface area contributed by atoms with Crippen LogP contribution in [0.2, 0.25) is 0 Å². The van der Waals surface area contributed by atoms with Crippen molar-refractivity contribution in [3.8, 4) is 0 Å². The molecule has 0 atom stereocenters. The zero-order valence-electron chi connectivity index (χ0n) is 11.7. The summed E-state index contributed by atoms with van der Waals surface area (Å²) in [6.45, 7) is 6.92. The first-order chi connectivity index (χ1) is 9.26. The molecule has 6 nitrogen and oxygen atoms in total. The largest absolute Gasteiger partial charge is 0.369 e. The fraction of sp³-hybridized carbons (Fsp3) is 0.615. The van der Waals surface area contributed by atoms with E-state index in [2.05, 4.69) is 39.1 Å². The lowest BCUT2D eigenvalue weighted by molar-refractivity contribution is 0.312. The molecule has 1 aliphatic heterocycles. The van der Waals surface area contributed by atoms with Crippen LogP contribution in [-0.4, -0.2) is 60.9 Å². The molecule has 0 aromatic carbocycles. The molecule has 2 N–H and O–H groups in total. The van der Waals surface area contributed by atoms with E-state index in [0.717, 1.165) is 56.3 Å². The summed E-state index contributed by atoms with van der Waals surface area (Å²) in [6, 6.07) is 0. The molecular formula is C13H22N6. The van der Waals surface area contributed by atoms with Gasteiger partial charge >= 0.3 is 0 Å². The zero-order chi connectivity index (χ0) is 13.7. The number of hydrogen-bond donors (Lipinski definition) is 2. The molecule has 2 rings (SSSR count). The van der Waals surface area contributed by atoms with Crippen LogP contribution in [0.15, 0.2) is 6.33 Å². The van der Waals surface area contributed by atoms with Crippen molar-refractivity contribution in [2.24, 2.45) is 0 Å². The summed E-state index contributed by atoms with van der Waals surface area (Å²) in [6.07, 6.45) is 3.97. The van der Waals surface area contributed by atoms with Gasteiger partial charge in [-0.2, -0.15) is 0 Å². The minimum Gasteiger partial charge on any atom is -0.369 e. The van der Waals surface area contributed by atoms with E-state index in [9.17, 15) is 0 Å². The standard InChI is InChI=1S/C13H22N6/c1-3-4-15-12-11(9-14)13(17-10-16-12)19-7-5-18(2)6-8-19/h9-10,14H,3-8H2,1-2H3,(H,15,16,17). The highest BCUT2D eigenvalue weighted by molar-refractivity contribution is 5.90. The van der Waals surface area contributed by atoms with E-state index in [1.807, 2.05) is 0 Å². The van der Waals surface area contributed by atoms with E-state index in [1.54, 1.807) is 6.33 Å². The van der Waals surface area contributed by atoms with Gasteiger partial charge in [0.05, 0.1) is 5.56 Å². The van der Waals surface area contributed by atoms with Crippen molar-refractivity contribution >= 4 is 17.9 Å². The van der Waals surface area contributed by atoms with E-state index in [4.69, 9.17) is 5.41 Å². The molecule has 1 aromatic rings. The molecule has 0 saturated carbocycles. The monoisotopic (exact) mass is 262 g/mol. The smallest absolute Gasteiger partial charge is 0.143 e. The maximum absolute atomic E-state index is 7.64. The lowest BCUT2D eigenvalue weighted by Crippen LogP contribution is -2.45. The van der Waals surface area contributed by atoms with Crippen LogP contribution in [-0.2, 0) is 0 Å². The molecule has 0 unspecified atom stereocenters. The molecular weight excluding hydrogens is 240 g/mol. The van der Waals surface area contributed by atoms with Crippen LogP contribution in [0.25, 0.3) is 0 Å². The average molecular weight is 262 g/mol. The zero-order valence-corrected chi connectivity index (χ0v) is 11.7. The topological polar surface area (TPSA) is 68.1 Å². The third-order valence-corrected chi connectivity index (χ3v) is 3.35. The van der Waals surface area contributed by atoms with E-state index in [1.165, 1.54) is 6.21 Å². The van der Waals surface area contributed by atoms with Crippen molar-refractivity contribution in [2.75, 3.05) is 50.0 Å². The van der Waals surface area contributed by atoms with Crippen molar-refractivity contribution in [3.63, 3.8) is 0 Å². The molecule has 6 heteroatoms. The number of likely N-dealkylation sites (N-methyl/N-ethyl adjacent to an activating group) is 1. The van der Waals surface area contributed by atoms with Gasteiger partial charge in [-0.3, -0.25) is 0 Å². The second-order valence-corrected chi connectivity index (χ2v) is 4.82. The Labute approximate surface area is 114 Å². The van der Waals surface area contributed by atoms with Gasteiger partial charge in [0.1, 0.15) is 18.0 Å².